The van der Waals surface area contributed by atoms with E-state index in [1.165, 1.54) is 6.07 Å². The topological polar surface area (TPSA) is 83.7 Å². The SMILES string of the molecule is CCN(CCC(=O)O)Cc1ccc(Br)cc1[N+](=O)[O-]. The summed E-state index contributed by atoms with van der Waals surface area (Å²) in [5.41, 5.74) is 0.628. The standard InChI is InChI=1S/C12H15BrN2O4/c1-2-14(6-5-12(16)17)8-9-3-4-10(13)7-11(9)15(18)19/h3-4,7H,2,5-6,8H2,1H3,(H,16,17). The van der Waals surface area contributed by atoms with Crippen LogP contribution in [0.3, 0.4) is 0 Å². The molecule has 6 nitrogen and oxygen atoms in total. The van der Waals surface area contributed by atoms with E-state index in [1.54, 1.807) is 12.1 Å². The molecular weight excluding hydrogens is 316 g/mol. The largest absolute Gasteiger partial charge is 0.481 e. The predicted octanol–water partition coefficient (Wildman–Crippen LogP) is 2.65. The van der Waals surface area contributed by atoms with Gasteiger partial charge in [-0.2, -0.15) is 0 Å². The molecule has 0 saturated heterocycles. The van der Waals surface area contributed by atoms with Crippen LogP contribution < -0.4 is 0 Å². The summed E-state index contributed by atoms with van der Waals surface area (Å²) in [6.45, 7) is 3.28. The first-order valence-electron chi connectivity index (χ1n) is 5.81. The van der Waals surface area contributed by atoms with E-state index in [1.807, 2.05) is 11.8 Å². The highest BCUT2D eigenvalue weighted by molar-refractivity contribution is 9.10. The van der Waals surface area contributed by atoms with Gasteiger partial charge in [-0.25, -0.2) is 0 Å². The van der Waals surface area contributed by atoms with Gasteiger partial charge in [-0.05, 0) is 18.7 Å². The lowest BCUT2D eigenvalue weighted by Gasteiger charge is -2.19. The second-order valence-electron chi connectivity index (χ2n) is 4.04. The first kappa shape index (κ1) is 15.6. The van der Waals surface area contributed by atoms with Crippen molar-refractivity contribution in [2.75, 3.05) is 13.1 Å². The Morgan fingerprint density at radius 2 is 2.21 bits per heavy atom. The van der Waals surface area contributed by atoms with Crippen molar-refractivity contribution >= 4 is 27.6 Å². The number of nitro benzene ring substituents is 1. The average Bonchev–Trinajstić information content (AvgIpc) is 2.35. The van der Waals surface area contributed by atoms with Crippen LogP contribution in [-0.4, -0.2) is 34.0 Å². The molecular formula is C12H15BrN2O4. The smallest absolute Gasteiger partial charge is 0.304 e. The normalized spacial score (nSPS) is 10.7. The maximum atomic E-state index is 11.0. The Balaban J connectivity index is 2.84. The van der Waals surface area contributed by atoms with Crippen LogP contribution in [0.2, 0.25) is 0 Å². The zero-order chi connectivity index (χ0) is 14.4. The van der Waals surface area contributed by atoms with Crippen molar-refractivity contribution in [3.63, 3.8) is 0 Å². The van der Waals surface area contributed by atoms with E-state index in [4.69, 9.17) is 5.11 Å². The molecule has 104 valence electrons. The van der Waals surface area contributed by atoms with Crippen LogP contribution in [0.1, 0.15) is 18.9 Å². The Kier molecular flexibility index (Phi) is 5.91. The van der Waals surface area contributed by atoms with E-state index < -0.39 is 10.9 Å². The summed E-state index contributed by atoms with van der Waals surface area (Å²) in [4.78, 5) is 23.0. The minimum atomic E-state index is -0.872. The van der Waals surface area contributed by atoms with Crippen LogP contribution in [0.25, 0.3) is 0 Å². The number of carboxylic acid groups (broad SMARTS) is 1. The lowest BCUT2D eigenvalue weighted by atomic mass is 10.1. The van der Waals surface area contributed by atoms with E-state index >= 15 is 0 Å². The summed E-state index contributed by atoms with van der Waals surface area (Å²) >= 11 is 3.20. The van der Waals surface area contributed by atoms with Crippen molar-refractivity contribution in [2.45, 2.75) is 19.9 Å². The zero-order valence-corrected chi connectivity index (χ0v) is 12.1. The van der Waals surface area contributed by atoms with Gasteiger partial charge >= 0.3 is 5.97 Å². The van der Waals surface area contributed by atoms with Gasteiger partial charge in [0.1, 0.15) is 0 Å². The van der Waals surface area contributed by atoms with E-state index in [2.05, 4.69) is 15.9 Å². The number of benzene rings is 1. The summed E-state index contributed by atoms with van der Waals surface area (Å²) in [5.74, 6) is -0.872. The maximum Gasteiger partial charge on any atom is 0.304 e. The summed E-state index contributed by atoms with van der Waals surface area (Å²) in [7, 11) is 0. The molecule has 0 bridgehead atoms. The first-order chi connectivity index (χ1) is 8.93. The van der Waals surface area contributed by atoms with Crippen molar-refractivity contribution in [1.29, 1.82) is 0 Å². The molecule has 0 heterocycles. The number of hydrogen-bond donors (Lipinski definition) is 1. The van der Waals surface area contributed by atoms with E-state index in [-0.39, 0.29) is 12.1 Å². The second-order valence-corrected chi connectivity index (χ2v) is 4.96. The van der Waals surface area contributed by atoms with Crippen LogP contribution in [0.15, 0.2) is 22.7 Å². The quantitative estimate of drug-likeness (QED) is 0.613. The molecule has 0 amide bonds. The van der Waals surface area contributed by atoms with Gasteiger partial charge in [-0.15, -0.1) is 0 Å². The number of nitro groups is 1. The molecule has 1 rings (SSSR count). The summed E-state index contributed by atoms with van der Waals surface area (Å²) in [5, 5.41) is 19.6. The highest BCUT2D eigenvalue weighted by atomic mass is 79.9. The summed E-state index contributed by atoms with van der Waals surface area (Å²) in [6, 6.07) is 4.89. The predicted molar refractivity (Wildman–Crippen MR) is 74.0 cm³/mol. The molecule has 19 heavy (non-hydrogen) atoms. The lowest BCUT2D eigenvalue weighted by molar-refractivity contribution is -0.385. The number of carbonyl (C=O) groups is 1. The number of halogens is 1. The molecule has 0 atom stereocenters. The van der Waals surface area contributed by atoms with Crippen molar-refractivity contribution in [1.82, 2.24) is 4.90 Å². The minimum Gasteiger partial charge on any atom is -0.481 e. The molecule has 0 aromatic heterocycles. The number of hydrogen-bond acceptors (Lipinski definition) is 4. The number of carboxylic acids is 1. The molecule has 0 saturated carbocycles. The molecule has 0 spiro atoms. The van der Waals surface area contributed by atoms with Gasteiger partial charge in [-0.1, -0.05) is 22.9 Å². The molecule has 0 radical (unpaired) electrons. The molecule has 7 heteroatoms. The van der Waals surface area contributed by atoms with Crippen molar-refractivity contribution in [3.8, 4) is 0 Å². The van der Waals surface area contributed by atoms with Gasteiger partial charge in [0.2, 0.25) is 0 Å². The number of aliphatic carboxylic acids is 1. The van der Waals surface area contributed by atoms with Gasteiger partial charge in [0, 0.05) is 29.2 Å². The Morgan fingerprint density at radius 3 is 2.74 bits per heavy atom. The number of nitrogens with zero attached hydrogens (tertiary/aromatic N) is 2. The molecule has 0 aliphatic carbocycles. The zero-order valence-electron chi connectivity index (χ0n) is 10.5. The molecule has 0 aliphatic rings. The number of rotatable bonds is 7. The van der Waals surface area contributed by atoms with Gasteiger partial charge < -0.3 is 5.11 Å². The van der Waals surface area contributed by atoms with Crippen molar-refractivity contribution < 1.29 is 14.8 Å². The fourth-order valence-electron chi connectivity index (χ4n) is 1.68. The minimum absolute atomic E-state index is 0.0260. The molecule has 0 fully saturated rings. The summed E-state index contributed by atoms with van der Waals surface area (Å²) < 4.78 is 0.650. The molecule has 1 aromatic rings. The average molecular weight is 331 g/mol. The highest BCUT2D eigenvalue weighted by Crippen LogP contribution is 2.24. The van der Waals surface area contributed by atoms with Crippen molar-refractivity contribution in [2.24, 2.45) is 0 Å². The highest BCUT2D eigenvalue weighted by Gasteiger charge is 2.16. The third kappa shape index (κ3) is 4.96. The molecule has 0 unspecified atom stereocenters. The van der Waals surface area contributed by atoms with Gasteiger partial charge in [0.05, 0.1) is 11.3 Å². The van der Waals surface area contributed by atoms with Gasteiger partial charge in [-0.3, -0.25) is 19.8 Å². The van der Waals surface area contributed by atoms with Crippen LogP contribution in [0, 0.1) is 10.1 Å². The van der Waals surface area contributed by atoms with Crippen LogP contribution in [0.5, 0.6) is 0 Å². The lowest BCUT2D eigenvalue weighted by Crippen LogP contribution is -2.26. The fraction of sp³-hybridized carbons (Fsp3) is 0.417. The molecule has 0 aliphatic heterocycles. The molecule has 1 aromatic carbocycles. The monoisotopic (exact) mass is 330 g/mol. The van der Waals surface area contributed by atoms with E-state index in [0.717, 1.165) is 0 Å². The van der Waals surface area contributed by atoms with E-state index in [9.17, 15) is 14.9 Å². The second kappa shape index (κ2) is 7.20. The third-order valence-electron chi connectivity index (χ3n) is 2.73. The van der Waals surface area contributed by atoms with Crippen molar-refractivity contribution in [3.05, 3.63) is 38.3 Å². The van der Waals surface area contributed by atoms with Crippen LogP contribution in [0.4, 0.5) is 5.69 Å². The van der Waals surface area contributed by atoms with Crippen LogP contribution in [-0.2, 0) is 11.3 Å². The van der Waals surface area contributed by atoms with Gasteiger partial charge in [0.15, 0.2) is 0 Å². The van der Waals surface area contributed by atoms with E-state index in [0.29, 0.717) is 29.7 Å². The summed E-state index contributed by atoms with van der Waals surface area (Å²) in [6.07, 6.45) is 0.0260. The fourth-order valence-corrected chi connectivity index (χ4v) is 2.03. The third-order valence-corrected chi connectivity index (χ3v) is 3.22. The Bertz CT molecular complexity index is 479. The Morgan fingerprint density at radius 1 is 1.53 bits per heavy atom. The van der Waals surface area contributed by atoms with Gasteiger partial charge in [0.25, 0.3) is 5.69 Å². The molecule has 1 N–H and O–H groups in total. The first-order valence-corrected chi connectivity index (χ1v) is 6.60. The van der Waals surface area contributed by atoms with Crippen LogP contribution >= 0.6 is 15.9 Å². The maximum absolute atomic E-state index is 11.0. The Labute approximate surface area is 119 Å². The Hall–Kier alpha value is -1.47.